The summed E-state index contributed by atoms with van der Waals surface area (Å²) >= 11 is 1.34. The number of amides is 2. The van der Waals surface area contributed by atoms with Crippen molar-refractivity contribution >= 4 is 46.4 Å². The number of carbonyl (C=O) groups excluding carboxylic acids is 2. The number of anilines is 2. The Labute approximate surface area is 231 Å². The van der Waals surface area contributed by atoms with Gasteiger partial charge in [0.2, 0.25) is 5.91 Å². The van der Waals surface area contributed by atoms with Gasteiger partial charge in [0.1, 0.15) is 17.2 Å². The number of para-hydroxylation sites is 1. The average Bonchev–Trinajstić information content (AvgIpc) is 3.40. The van der Waals surface area contributed by atoms with Gasteiger partial charge in [0.05, 0.1) is 23.1 Å². The summed E-state index contributed by atoms with van der Waals surface area (Å²) in [5, 5.41) is 6.80. The topological polar surface area (TPSA) is 115 Å². The summed E-state index contributed by atoms with van der Waals surface area (Å²) in [6, 6.07) is 19.6. The molecule has 202 valence electrons. The molecule has 1 saturated heterocycles. The number of rotatable bonds is 9. The van der Waals surface area contributed by atoms with Gasteiger partial charge in [-0.05, 0) is 18.2 Å². The van der Waals surface area contributed by atoms with Crippen molar-refractivity contribution in [2.75, 3.05) is 56.6 Å². The minimum Gasteiger partial charge on any atom is -0.368 e. The summed E-state index contributed by atoms with van der Waals surface area (Å²) in [4.78, 5) is 42.7. The summed E-state index contributed by atoms with van der Waals surface area (Å²) in [5.74, 6) is 0.992. The Hall–Kier alpha value is -4.09. The van der Waals surface area contributed by atoms with Crippen molar-refractivity contribution in [1.82, 2.24) is 25.2 Å². The van der Waals surface area contributed by atoms with E-state index in [9.17, 15) is 9.59 Å². The first-order valence-electron chi connectivity index (χ1n) is 12.8. The molecule has 5 rings (SSSR count). The fraction of sp³-hybridized carbons (Fsp3) is 0.286. The molecule has 1 fully saturated rings. The van der Waals surface area contributed by atoms with E-state index in [1.54, 1.807) is 7.11 Å². The molecule has 3 N–H and O–H groups in total. The number of aromatic amines is 1. The molecule has 10 nitrogen and oxygen atoms in total. The number of H-pyrrole nitrogens is 1. The van der Waals surface area contributed by atoms with Crippen LogP contribution in [-0.2, 0) is 8.98 Å². The smallest absolute Gasteiger partial charge is 0.270 e. The standard InChI is InChI=1S/C28H31N7O3S/c1-19(36)29-12-13-30-26-21-18-22(31-27(21)33-25(32-26)20-8-4-3-5-9-20)28(37)35-16-14-34(15-17-35)23-10-6-7-11-24(23)39-38-2/h3-11,18H,12-17H2,1-2H3,(H,29,36)(H2,30,31,32,33). The second kappa shape index (κ2) is 12.2. The fourth-order valence-electron chi connectivity index (χ4n) is 4.59. The zero-order chi connectivity index (χ0) is 27.2. The second-order valence-corrected chi connectivity index (χ2v) is 10.1. The minimum atomic E-state index is -0.0924. The van der Waals surface area contributed by atoms with E-state index in [0.29, 0.717) is 49.2 Å². The van der Waals surface area contributed by atoms with Crippen LogP contribution in [0.2, 0.25) is 0 Å². The van der Waals surface area contributed by atoms with Crippen molar-refractivity contribution in [2.45, 2.75) is 11.8 Å². The maximum absolute atomic E-state index is 13.5. The van der Waals surface area contributed by atoms with Crippen molar-refractivity contribution in [3.63, 3.8) is 0 Å². The molecule has 0 aliphatic carbocycles. The van der Waals surface area contributed by atoms with Crippen molar-refractivity contribution in [2.24, 2.45) is 0 Å². The highest BCUT2D eigenvalue weighted by atomic mass is 32.2. The minimum absolute atomic E-state index is 0.0716. The quantitative estimate of drug-likeness (QED) is 0.215. The van der Waals surface area contributed by atoms with Gasteiger partial charge in [0, 0.05) is 63.8 Å². The van der Waals surface area contributed by atoms with Gasteiger partial charge in [0.25, 0.3) is 5.91 Å². The second-order valence-electron chi connectivity index (χ2n) is 9.11. The van der Waals surface area contributed by atoms with Crippen LogP contribution in [0.4, 0.5) is 11.5 Å². The van der Waals surface area contributed by atoms with Gasteiger partial charge < -0.3 is 29.6 Å². The van der Waals surface area contributed by atoms with E-state index >= 15 is 0 Å². The third-order valence-electron chi connectivity index (χ3n) is 6.49. The Kier molecular flexibility index (Phi) is 8.28. The van der Waals surface area contributed by atoms with Crippen LogP contribution in [0.1, 0.15) is 17.4 Å². The van der Waals surface area contributed by atoms with E-state index in [0.717, 1.165) is 34.6 Å². The lowest BCUT2D eigenvalue weighted by Gasteiger charge is -2.36. The summed E-state index contributed by atoms with van der Waals surface area (Å²) in [6.07, 6.45) is 0. The maximum Gasteiger partial charge on any atom is 0.270 e. The molecule has 1 aliphatic rings. The molecule has 0 bridgehead atoms. The van der Waals surface area contributed by atoms with Crippen LogP contribution >= 0.6 is 12.0 Å². The fourth-order valence-corrected chi connectivity index (χ4v) is 5.19. The zero-order valence-corrected chi connectivity index (χ0v) is 22.8. The van der Waals surface area contributed by atoms with Gasteiger partial charge in [-0.3, -0.25) is 9.59 Å². The summed E-state index contributed by atoms with van der Waals surface area (Å²) in [6.45, 7) is 5.07. The highest BCUT2D eigenvalue weighted by Crippen LogP contribution is 2.31. The van der Waals surface area contributed by atoms with Crippen LogP contribution in [0, 0.1) is 0 Å². The number of nitrogens with one attached hydrogen (secondary N) is 3. The van der Waals surface area contributed by atoms with Crippen LogP contribution in [0.25, 0.3) is 22.4 Å². The first-order valence-corrected chi connectivity index (χ1v) is 13.6. The largest absolute Gasteiger partial charge is 0.368 e. The Morgan fingerprint density at radius 2 is 1.74 bits per heavy atom. The SMILES string of the molecule is COSc1ccccc1N1CCN(C(=O)c2cc3c(NCCNC(C)=O)nc(-c4ccccc4)nc3[nH]2)CC1. The van der Waals surface area contributed by atoms with Crippen molar-refractivity contribution < 1.29 is 13.8 Å². The lowest BCUT2D eigenvalue weighted by Crippen LogP contribution is -2.49. The normalized spacial score (nSPS) is 13.5. The number of fused-ring (bicyclic) bond motifs is 1. The van der Waals surface area contributed by atoms with Gasteiger partial charge in [-0.25, -0.2) is 9.97 Å². The van der Waals surface area contributed by atoms with E-state index in [1.807, 2.05) is 59.5 Å². The predicted octanol–water partition coefficient (Wildman–Crippen LogP) is 3.79. The Balaban J connectivity index is 1.35. The molecule has 0 unspecified atom stereocenters. The van der Waals surface area contributed by atoms with E-state index in [2.05, 4.69) is 26.6 Å². The van der Waals surface area contributed by atoms with E-state index in [1.165, 1.54) is 19.0 Å². The molecule has 0 saturated carbocycles. The monoisotopic (exact) mass is 545 g/mol. The molecule has 0 atom stereocenters. The molecule has 3 heterocycles. The van der Waals surface area contributed by atoms with Crippen LogP contribution in [0.15, 0.2) is 65.6 Å². The molecule has 0 spiro atoms. The molecule has 2 amide bonds. The van der Waals surface area contributed by atoms with Crippen molar-refractivity contribution in [1.29, 1.82) is 0 Å². The Bertz CT molecular complexity index is 1450. The molecule has 1 aliphatic heterocycles. The van der Waals surface area contributed by atoms with Crippen LogP contribution < -0.4 is 15.5 Å². The van der Waals surface area contributed by atoms with Crippen molar-refractivity contribution in [3.05, 3.63) is 66.4 Å². The molecule has 0 radical (unpaired) electrons. The number of hydrogen-bond acceptors (Lipinski definition) is 8. The molecular formula is C28H31N7O3S. The van der Waals surface area contributed by atoms with E-state index in [4.69, 9.17) is 14.2 Å². The molecule has 39 heavy (non-hydrogen) atoms. The van der Waals surface area contributed by atoms with Gasteiger partial charge >= 0.3 is 0 Å². The predicted molar refractivity (Wildman–Crippen MR) is 154 cm³/mol. The Morgan fingerprint density at radius 3 is 2.49 bits per heavy atom. The van der Waals surface area contributed by atoms with Gasteiger partial charge in [-0.2, -0.15) is 0 Å². The molecular weight excluding hydrogens is 514 g/mol. The first-order chi connectivity index (χ1) is 19.0. The van der Waals surface area contributed by atoms with Crippen molar-refractivity contribution in [3.8, 4) is 11.4 Å². The number of carbonyl (C=O) groups is 2. The molecule has 11 heteroatoms. The highest BCUT2D eigenvalue weighted by molar-refractivity contribution is 7.94. The third-order valence-corrected chi connectivity index (χ3v) is 7.18. The van der Waals surface area contributed by atoms with E-state index in [-0.39, 0.29) is 11.8 Å². The van der Waals surface area contributed by atoms with Crippen LogP contribution in [-0.4, -0.2) is 78.0 Å². The average molecular weight is 546 g/mol. The van der Waals surface area contributed by atoms with Gasteiger partial charge in [0.15, 0.2) is 5.82 Å². The van der Waals surface area contributed by atoms with Gasteiger partial charge in [-0.15, -0.1) is 0 Å². The first kappa shape index (κ1) is 26.5. The molecule has 4 aromatic rings. The number of nitrogens with zero attached hydrogens (tertiary/aromatic N) is 4. The lowest BCUT2D eigenvalue weighted by atomic mass is 10.2. The number of hydrogen-bond donors (Lipinski definition) is 3. The molecule has 2 aromatic carbocycles. The summed E-state index contributed by atoms with van der Waals surface area (Å²) in [5.41, 5.74) is 3.03. The third kappa shape index (κ3) is 6.15. The summed E-state index contributed by atoms with van der Waals surface area (Å²) in [7, 11) is 1.66. The molecule has 2 aromatic heterocycles. The number of piperazine rings is 1. The number of aromatic nitrogens is 3. The van der Waals surface area contributed by atoms with Crippen LogP contribution in [0.3, 0.4) is 0 Å². The zero-order valence-electron chi connectivity index (χ0n) is 21.9. The lowest BCUT2D eigenvalue weighted by molar-refractivity contribution is -0.118. The Morgan fingerprint density at radius 1 is 1.00 bits per heavy atom. The van der Waals surface area contributed by atoms with Crippen LogP contribution in [0.5, 0.6) is 0 Å². The van der Waals surface area contributed by atoms with E-state index < -0.39 is 0 Å². The summed E-state index contributed by atoms with van der Waals surface area (Å²) < 4.78 is 5.28. The highest BCUT2D eigenvalue weighted by Gasteiger charge is 2.25. The maximum atomic E-state index is 13.5. The van der Waals surface area contributed by atoms with Gasteiger partial charge in [-0.1, -0.05) is 42.5 Å². The number of benzene rings is 2.